The Hall–Kier alpha value is -2.52. The van der Waals surface area contributed by atoms with Crippen LogP contribution in [0, 0.1) is 10.1 Å². The Morgan fingerprint density at radius 1 is 1.27 bits per heavy atom. The van der Waals surface area contributed by atoms with Gasteiger partial charge in [0, 0.05) is 17.8 Å². The number of nitrogens with one attached hydrogen (secondary N) is 1. The number of phenols is 1. The zero-order valence-electron chi connectivity index (χ0n) is 15.6. The number of aliphatic hydroxyl groups excluding tert-OH is 1. The Kier molecular flexibility index (Phi) is 10.4. The fourth-order valence-corrected chi connectivity index (χ4v) is 2.43. The summed E-state index contributed by atoms with van der Waals surface area (Å²) in [4.78, 5) is 22.3. The Morgan fingerprint density at radius 3 is 2.50 bits per heavy atom. The number of phenolic OH excluding ortho intramolecular Hbond substituents is 1. The number of nitro benzene ring substituents is 1. The number of aromatic hydroxyl groups is 1. The van der Waals surface area contributed by atoms with Crippen LogP contribution in [0.25, 0.3) is 0 Å². The second kappa shape index (κ2) is 12.2. The van der Waals surface area contributed by atoms with Gasteiger partial charge in [0.2, 0.25) is 0 Å². The summed E-state index contributed by atoms with van der Waals surface area (Å²) in [6, 6.07) is 10.1. The molecule has 3 N–H and O–H groups in total. The number of nitro groups is 1. The minimum Gasteiger partial charge on any atom is -0.691 e. The first-order valence-electron chi connectivity index (χ1n) is 7.66. The van der Waals surface area contributed by atoms with Crippen molar-refractivity contribution in [2.24, 2.45) is 10.2 Å². The first-order chi connectivity index (χ1) is 13.8. The molecule has 1 amide bonds. The molecule has 0 aliphatic heterocycles. The molecule has 14 heteroatoms. The van der Waals surface area contributed by atoms with E-state index in [2.05, 4.69) is 24.9 Å². The normalized spacial score (nSPS) is 11.5. The summed E-state index contributed by atoms with van der Waals surface area (Å²) in [6.45, 7) is 1.19. The van der Waals surface area contributed by atoms with Crippen molar-refractivity contribution in [3.63, 3.8) is 0 Å². The zero-order chi connectivity index (χ0) is 21.4. The van der Waals surface area contributed by atoms with Crippen molar-refractivity contribution in [2.45, 2.75) is 11.8 Å². The first-order valence-corrected chi connectivity index (χ1v) is 8.40. The Balaban J connectivity index is 0.00000450. The molecule has 2 aromatic rings. The van der Waals surface area contributed by atoms with Gasteiger partial charge in [-0.3, -0.25) is 19.9 Å². The van der Waals surface area contributed by atoms with Gasteiger partial charge in [0.1, 0.15) is 11.4 Å². The Labute approximate surface area is 195 Å². The van der Waals surface area contributed by atoms with Gasteiger partial charge in [-0.2, -0.15) is 4.33 Å². The van der Waals surface area contributed by atoms with E-state index < -0.39 is 39.4 Å². The standard InChI is InChI=1S/C16H14N4O8S.Na/c1-9(21)14(16(23)17-10-5-3-2-4-6-10)19-18-12-7-11(20(24)25)8-13(15(12)22)29-28-27-26;/h2-8,21-22,26H,1H3,(H,17,23);/q;+1/p-1. The van der Waals surface area contributed by atoms with Crippen molar-refractivity contribution in [1.29, 1.82) is 0 Å². The zero-order valence-corrected chi connectivity index (χ0v) is 18.5. The number of carbonyl (C=O) groups is 1. The third-order valence-corrected chi connectivity index (χ3v) is 3.86. The van der Waals surface area contributed by atoms with Crippen LogP contribution in [0.15, 0.2) is 69.0 Å². The number of azo groups is 1. The molecule has 0 fully saturated rings. The fourth-order valence-electron chi connectivity index (χ4n) is 1.97. The summed E-state index contributed by atoms with van der Waals surface area (Å²) >= 11 is 0.210. The minimum absolute atomic E-state index is 0. The van der Waals surface area contributed by atoms with Gasteiger partial charge in [-0.05, 0) is 19.1 Å². The van der Waals surface area contributed by atoms with Crippen LogP contribution in [0.2, 0.25) is 0 Å². The molecule has 0 unspecified atom stereocenters. The van der Waals surface area contributed by atoms with Crippen LogP contribution >= 0.6 is 12.0 Å². The molecule has 152 valence electrons. The molecule has 0 aliphatic carbocycles. The van der Waals surface area contributed by atoms with E-state index in [4.69, 9.17) is 0 Å². The number of hydrogen-bond acceptors (Lipinski definition) is 11. The molecule has 0 spiro atoms. The van der Waals surface area contributed by atoms with Crippen molar-refractivity contribution in [1.82, 2.24) is 0 Å². The number of aliphatic hydroxyl groups is 1. The van der Waals surface area contributed by atoms with Crippen LogP contribution in [0.5, 0.6) is 5.75 Å². The maximum absolute atomic E-state index is 12.3. The van der Waals surface area contributed by atoms with Crippen LogP contribution in [0.3, 0.4) is 0 Å². The molecular formula is C16H13N4NaO8S. The summed E-state index contributed by atoms with van der Waals surface area (Å²) in [5.41, 5.74) is -0.984. The van der Waals surface area contributed by atoms with Crippen molar-refractivity contribution >= 4 is 35.0 Å². The monoisotopic (exact) mass is 444 g/mol. The van der Waals surface area contributed by atoms with E-state index in [1.165, 1.54) is 6.92 Å². The number of para-hydroxylation sites is 1. The van der Waals surface area contributed by atoms with Gasteiger partial charge < -0.3 is 20.8 Å². The van der Waals surface area contributed by atoms with Gasteiger partial charge in [0.15, 0.2) is 11.4 Å². The number of amides is 1. The molecule has 0 aromatic heterocycles. The van der Waals surface area contributed by atoms with Crippen molar-refractivity contribution < 1.29 is 64.1 Å². The maximum atomic E-state index is 12.3. The number of carbonyl (C=O) groups excluding carboxylic acids is 1. The van der Waals surface area contributed by atoms with E-state index in [1.807, 2.05) is 0 Å². The molecular weight excluding hydrogens is 431 g/mol. The summed E-state index contributed by atoms with van der Waals surface area (Å²) < 4.78 is 4.05. The summed E-state index contributed by atoms with van der Waals surface area (Å²) in [7, 11) is 0. The van der Waals surface area contributed by atoms with Crippen molar-refractivity contribution in [2.75, 3.05) is 5.32 Å². The number of benzene rings is 2. The number of rotatable bonds is 8. The quantitative estimate of drug-likeness (QED) is 0.0741. The largest absolute Gasteiger partial charge is 1.00 e. The van der Waals surface area contributed by atoms with Gasteiger partial charge in [-0.15, -0.1) is 10.2 Å². The molecule has 0 saturated heterocycles. The minimum atomic E-state index is -0.803. The van der Waals surface area contributed by atoms with Gasteiger partial charge in [-0.1, -0.05) is 18.2 Å². The molecule has 2 aromatic carbocycles. The number of allylic oxidation sites excluding steroid dienone is 1. The fraction of sp³-hybridized carbons (Fsp3) is 0.0625. The van der Waals surface area contributed by atoms with Crippen molar-refractivity contribution in [3.05, 3.63) is 64.0 Å². The molecule has 0 atom stereocenters. The van der Waals surface area contributed by atoms with Gasteiger partial charge >= 0.3 is 29.6 Å². The van der Waals surface area contributed by atoms with Gasteiger partial charge in [0.05, 0.1) is 21.9 Å². The van der Waals surface area contributed by atoms with Crippen LogP contribution in [0.1, 0.15) is 6.92 Å². The second-order valence-corrected chi connectivity index (χ2v) is 5.98. The van der Waals surface area contributed by atoms with E-state index >= 15 is 0 Å². The third kappa shape index (κ3) is 7.07. The Morgan fingerprint density at radius 2 is 1.93 bits per heavy atom. The summed E-state index contributed by atoms with van der Waals surface area (Å²) in [5, 5.41) is 53.7. The number of anilines is 1. The Bertz CT molecular complexity index is 967. The molecule has 0 radical (unpaired) electrons. The van der Waals surface area contributed by atoms with Gasteiger partial charge in [0.25, 0.3) is 11.6 Å². The van der Waals surface area contributed by atoms with E-state index in [0.29, 0.717) is 5.69 Å². The van der Waals surface area contributed by atoms with Crippen LogP contribution in [-0.2, 0) is 14.2 Å². The molecule has 0 saturated carbocycles. The number of nitrogens with zero attached hydrogens (tertiary/aromatic N) is 3. The van der Waals surface area contributed by atoms with E-state index in [9.17, 15) is 30.4 Å². The van der Waals surface area contributed by atoms with E-state index in [1.54, 1.807) is 30.3 Å². The summed E-state index contributed by atoms with van der Waals surface area (Å²) in [6.07, 6.45) is 0. The van der Waals surface area contributed by atoms with E-state index in [-0.39, 0.29) is 46.5 Å². The number of hydrogen-bond donors (Lipinski definition) is 3. The van der Waals surface area contributed by atoms with Crippen molar-refractivity contribution in [3.8, 4) is 5.75 Å². The number of non-ortho nitro benzene ring substituents is 1. The molecule has 0 bridgehead atoms. The van der Waals surface area contributed by atoms with Crippen LogP contribution < -0.4 is 40.1 Å². The predicted octanol–water partition coefficient (Wildman–Crippen LogP) is 0.0469. The molecule has 0 heterocycles. The third-order valence-electron chi connectivity index (χ3n) is 3.25. The van der Waals surface area contributed by atoms with Crippen LogP contribution in [-0.4, -0.2) is 21.0 Å². The molecule has 30 heavy (non-hydrogen) atoms. The second-order valence-electron chi connectivity index (χ2n) is 5.24. The first kappa shape index (κ1) is 25.5. The SMILES string of the molecule is CC(O)=C(N=Nc1cc([N+](=O)[O-])cc(SOO[O-])c1O)C(=O)Nc1ccccc1.[Na+]. The average molecular weight is 444 g/mol. The molecule has 2 rings (SSSR count). The van der Waals surface area contributed by atoms with E-state index in [0.717, 1.165) is 12.1 Å². The smallest absolute Gasteiger partial charge is 0.691 e. The topological polar surface area (TPSA) is 179 Å². The summed E-state index contributed by atoms with van der Waals surface area (Å²) in [5.74, 6) is -1.91. The van der Waals surface area contributed by atoms with Gasteiger partial charge in [-0.25, -0.2) is 0 Å². The average Bonchev–Trinajstić information content (AvgIpc) is 2.68. The molecule has 0 aliphatic rings. The van der Waals surface area contributed by atoms with Crippen LogP contribution in [0.4, 0.5) is 17.1 Å². The predicted molar refractivity (Wildman–Crippen MR) is 97.7 cm³/mol. The maximum Gasteiger partial charge on any atom is 1.00 e. The molecule has 12 nitrogen and oxygen atoms in total.